The zero-order valence-electron chi connectivity index (χ0n) is 8.30. The summed E-state index contributed by atoms with van der Waals surface area (Å²) in [4.78, 5) is 13.4. The van der Waals surface area contributed by atoms with Crippen LogP contribution in [-0.4, -0.2) is 13.2 Å². The molecule has 0 heterocycles. The molecule has 80 valence electrons. The van der Waals surface area contributed by atoms with Crippen LogP contribution in [0.15, 0.2) is 11.1 Å². The van der Waals surface area contributed by atoms with Crippen LogP contribution in [0.25, 0.3) is 0 Å². The molecule has 1 aromatic carbocycles. The number of hydrogen-bond acceptors (Lipinski definition) is 3. The molecule has 5 heteroatoms. The van der Waals surface area contributed by atoms with E-state index in [0.717, 1.165) is 0 Å². The fourth-order valence-electron chi connectivity index (χ4n) is 1.32. The highest BCUT2D eigenvalue weighted by Crippen LogP contribution is 2.31. The summed E-state index contributed by atoms with van der Waals surface area (Å²) in [7, 11) is 1.42. The largest absolute Gasteiger partial charge is 0.496 e. The Balaban J connectivity index is 3.31. The lowest BCUT2D eigenvalue weighted by Gasteiger charge is -2.11. The number of nitrogens with zero attached hydrogens (tertiary/aromatic N) is 1. The molecule has 15 heavy (non-hydrogen) atoms. The number of rotatable bonds is 3. The fourth-order valence-corrected chi connectivity index (χ4v) is 1.59. The summed E-state index contributed by atoms with van der Waals surface area (Å²) in [5.74, 6) is -0.164. The van der Waals surface area contributed by atoms with E-state index in [2.05, 4.69) is 4.99 Å². The third kappa shape index (κ3) is 2.35. The van der Waals surface area contributed by atoms with Gasteiger partial charge in [-0.3, -0.25) is 0 Å². The normalized spacial score (nSPS) is 9.60. The highest BCUT2D eigenvalue weighted by molar-refractivity contribution is 6.30. The van der Waals surface area contributed by atoms with Crippen molar-refractivity contribution in [1.82, 2.24) is 0 Å². The molecule has 0 radical (unpaired) electrons. The lowest BCUT2D eigenvalue weighted by atomic mass is 10.1. The van der Waals surface area contributed by atoms with Gasteiger partial charge in [-0.05, 0) is 13.0 Å². The van der Waals surface area contributed by atoms with Crippen molar-refractivity contribution < 1.29 is 13.9 Å². The van der Waals surface area contributed by atoms with E-state index in [0.29, 0.717) is 16.9 Å². The van der Waals surface area contributed by atoms with E-state index in [4.69, 9.17) is 16.3 Å². The number of methoxy groups -OCH3 is 1. The summed E-state index contributed by atoms with van der Waals surface area (Å²) in [5, 5.41) is -0.00982. The summed E-state index contributed by atoms with van der Waals surface area (Å²) in [6, 6.07) is 1.39. The first kappa shape index (κ1) is 11.7. The molecule has 3 nitrogen and oxygen atoms in total. The second-order valence-corrected chi connectivity index (χ2v) is 3.30. The Bertz CT molecular complexity index is 428. The Morgan fingerprint density at radius 1 is 1.67 bits per heavy atom. The van der Waals surface area contributed by atoms with Gasteiger partial charge in [0, 0.05) is 11.1 Å². The molecule has 0 saturated carbocycles. The van der Waals surface area contributed by atoms with Crippen LogP contribution in [0.3, 0.4) is 0 Å². The smallest absolute Gasteiger partial charge is 0.235 e. The quantitative estimate of drug-likeness (QED) is 0.590. The standard InChI is InChI=1S/C10H9ClFNO2/c1-6-9(12)8(11)3-7(4-13-5-14)10(6)15-2/h3H,4H2,1-2H3. The highest BCUT2D eigenvalue weighted by Gasteiger charge is 2.14. The van der Waals surface area contributed by atoms with Crippen LogP contribution < -0.4 is 4.74 Å². The lowest BCUT2D eigenvalue weighted by Crippen LogP contribution is -1.97. The van der Waals surface area contributed by atoms with E-state index in [9.17, 15) is 9.18 Å². The van der Waals surface area contributed by atoms with E-state index in [1.807, 2.05) is 0 Å². The van der Waals surface area contributed by atoms with Crippen molar-refractivity contribution in [3.63, 3.8) is 0 Å². The van der Waals surface area contributed by atoms with Crippen LogP contribution in [0.2, 0.25) is 5.02 Å². The van der Waals surface area contributed by atoms with Gasteiger partial charge in [0.25, 0.3) is 0 Å². The second kappa shape index (κ2) is 4.91. The molecule has 0 bridgehead atoms. The lowest BCUT2D eigenvalue weighted by molar-refractivity contribution is 0.402. The van der Waals surface area contributed by atoms with Gasteiger partial charge < -0.3 is 4.74 Å². The summed E-state index contributed by atoms with van der Waals surface area (Å²) < 4.78 is 18.4. The van der Waals surface area contributed by atoms with Gasteiger partial charge in [-0.15, -0.1) is 0 Å². The van der Waals surface area contributed by atoms with Gasteiger partial charge in [-0.25, -0.2) is 14.2 Å². The number of ether oxygens (including phenoxy) is 1. The van der Waals surface area contributed by atoms with Crippen molar-refractivity contribution in [1.29, 1.82) is 0 Å². The van der Waals surface area contributed by atoms with Gasteiger partial charge >= 0.3 is 0 Å². The van der Waals surface area contributed by atoms with E-state index < -0.39 is 5.82 Å². The maximum absolute atomic E-state index is 13.4. The van der Waals surface area contributed by atoms with Crippen LogP contribution in [-0.2, 0) is 11.3 Å². The van der Waals surface area contributed by atoms with Gasteiger partial charge in [0.2, 0.25) is 6.08 Å². The number of halogens is 2. The molecule has 0 aliphatic rings. The average molecular weight is 230 g/mol. The molecular formula is C10H9ClFNO2. The minimum atomic E-state index is -0.521. The topological polar surface area (TPSA) is 38.7 Å². The monoisotopic (exact) mass is 229 g/mol. The van der Waals surface area contributed by atoms with Gasteiger partial charge in [-0.2, -0.15) is 0 Å². The minimum Gasteiger partial charge on any atom is -0.496 e. The third-order valence-corrected chi connectivity index (χ3v) is 2.27. The molecule has 0 fully saturated rings. The zero-order chi connectivity index (χ0) is 11.4. The first-order valence-electron chi connectivity index (χ1n) is 4.17. The van der Waals surface area contributed by atoms with Crippen LogP contribution in [0.1, 0.15) is 11.1 Å². The fraction of sp³-hybridized carbons (Fsp3) is 0.300. The van der Waals surface area contributed by atoms with Crippen LogP contribution in [0.4, 0.5) is 4.39 Å². The van der Waals surface area contributed by atoms with Gasteiger partial charge in [0.05, 0.1) is 18.7 Å². The molecule has 0 aromatic heterocycles. The Morgan fingerprint density at radius 2 is 2.33 bits per heavy atom. The Labute approximate surface area is 91.5 Å². The summed E-state index contributed by atoms with van der Waals surface area (Å²) in [6.45, 7) is 1.63. The van der Waals surface area contributed by atoms with Crippen LogP contribution >= 0.6 is 11.6 Å². The van der Waals surface area contributed by atoms with E-state index in [1.165, 1.54) is 19.3 Å². The summed E-state index contributed by atoms with van der Waals surface area (Å²) in [5.41, 5.74) is 0.867. The van der Waals surface area contributed by atoms with Crippen molar-refractivity contribution in [3.8, 4) is 5.75 Å². The molecule has 0 amide bonds. The van der Waals surface area contributed by atoms with Crippen molar-refractivity contribution in [2.75, 3.05) is 7.11 Å². The number of benzene rings is 1. The van der Waals surface area contributed by atoms with Gasteiger partial charge in [0.15, 0.2) is 0 Å². The van der Waals surface area contributed by atoms with Crippen molar-refractivity contribution in [2.45, 2.75) is 13.5 Å². The van der Waals surface area contributed by atoms with Crippen molar-refractivity contribution in [3.05, 3.63) is 28.0 Å². The van der Waals surface area contributed by atoms with Gasteiger partial charge in [0.1, 0.15) is 11.6 Å². The Kier molecular flexibility index (Phi) is 3.83. The summed E-state index contributed by atoms with van der Waals surface area (Å²) in [6.07, 6.45) is 1.40. The molecule has 0 aliphatic carbocycles. The predicted octanol–water partition coefficient (Wildman–Crippen LogP) is 2.63. The Hall–Kier alpha value is -1.38. The molecule has 0 spiro atoms. The third-order valence-electron chi connectivity index (χ3n) is 1.99. The van der Waals surface area contributed by atoms with Crippen molar-refractivity contribution >= 4 is 17.7 Å². The molecule has 0 atom stereocenters. The number of hydrogen-bond donors (Lipinski definition) is 0. The van der Waals surface area contributed by atoms with Gasteiger partial charge in [-0.1, -0.05) is 11.6 Å². The minimum absolute atomic E-state index is 0.00982. The van der Waals surface area contributed by atoms with Crippen molar-refractivity contribution in [2.24, 2.45) is 4.99 Å². The molecule has 1 rings (SSSR count). The molecule has 0 N–H and O–H groups in total. The predicted molar refractivity (Wildman–Crippen MR) is 54.5 cm³/mol. The number of aliphatic imine (C=N–C) groups is 1. The molecule has 0 saturated heterocycles. The van der Waals surface area contributed by atoms with E-state index in [1.54, 1.807) is 6.92 Å². The van der Waals surface area contributed by atoms with Crippen LogP contribution in [0, 0.1) is 12.7 Å². The second-order valence-electron chi connectivity index (χ2n) is 2.90. The molecule has 0 unspecified atom stereocenters. The number of carbonyl (C=O) groups excluding carboxylic acids is 1. The molecular weight excluding hydrogens is 221 g/mol. The first-order chi connectivity index (χ1) is 7.11. The molecule has 1 aromatic rings. The summed E-state index contributed by atoms with van der Waals surface area (Å²) >= 11 is 5.66. The van der Waals surface area contributed by atoms with E-state index >= 15 is 0 Å². The maximum atomic E-state index is 13.4. The highest BCUT2D eigenvalue weighted by atomic mass is 35.5. The van der Waals surface area contributed by atoms with E-state index in [-0.39, 0.29) is 11.6 Å². The molecule has 0 aliphatic heterocycles. The number of isocyanates is 1. The SMILES string of the molecule is COc1c(CN=C=O)cc(Cl)c(F)c1C. The Morgan fingerprint density at radius 3 is 2.87 bits per heavy atom. The average Bonchev–Trinajstić information content (AvgIpc) is 2.23. The first-order valence-corrected chi connectivity index (χ1v) is 4.54. The maximum Gasteiger partial charge on any atom is 0.235 e. The van der Waals surface area contributed by atoms with Crippen LogP contribution in [0.5, 0.6) is 5.75 Å². The zero-order valence-corrected chi connectivity index (χ0v) is 9.06.